The maximum Gasteiger partial charge on any atom is 0.226 e. The molecular weight excluding hydrogens is 318 g/mol. The maximum absolute atomic E-state index is 12.6. The van der Waals surface area contributed by atoms with Crippen molar-refractivity contribution in [2.75, 3.05) is 19.8 Å². The van der Waals surface area contributed by atoms with Crippen LogP contribution in [0.1, 0.15) is 63.0 Å². The van der Waals surface area contributed by atoms with Crippen molar-refractivity contribution in [1.82, 2.24) is 14.5 Å². The van der Waals surface area contributed by atoms with E-state index >= 15 is 0 Å². The van der Waals surface area contributed by atoms with Gasteiger partial charge < -0.3 is 19.3 Å². The average molecular weight is 347 g/mol. The van der Waals surface area contributed by atoms with Crippen LogP contribution in [0.5, 0.6) is 0 Å². The van der Waals surface area contributed by atoms with Crippen molar-refractivity contribution in [3.8, 4) is 0 Å². The standard InChI is InChI=1S/C19H29N3O3/c1-14-18-20-12-16(5-10-25-13-15-3-4-15)22(18)9-8-21(14)17(23)11-19(24)6-2-7-19/h12,14-15,24H,2-11,13H2,1H3/t14-/m1/s1. The van der Waals surface area contributed by atoms with E-state index in [-0.39, 0.29) is 18.4 Å². The summed E-state index contributed by atoms with van der Waals surface area (Å²) in [4.78, 5) is 19.1. The molecule has 25 heavy (non-hydrogen) atoms. The van der Waals surface area contributed by atoms with Crippen molar-refractivity contribution in [3.63, 3.8) is 0 Å². The molecule has 6 heteroatoms. The van der Waals surface area contributed by atoms with Crippen molar-refractivity contribution < 1.29 is 14.6 Å². The first kappa shape index (κ1) is 17.0. The smallest absolute Gasteiger partial charge is 0.226 e. The molecule has 0 bridgehead atoms. The van der Waals surface area contributed by atoms with E-state index in [9.17, 15) is 9.90 Å². The second-order valence-corrected chi connectivity index (χ2v) is 8.05. The van der Waals surface area contributed by atoms with Crippen molar-refractivity contribution in [2.24, 2.45) is 5.92 Å². The summed E-state index contributed by atoms with van der Waals surface area (Å²) >= 11 is 0. The summed E-state index contributed by atoms with van der Waals surface area (Å²) < 4.78 is 7.99. The highest BCUT2D eigenvalue weighted by atomic mass is 16.5. The second-order valence-electron chi connectivity index (χ2n) is 8.05. The molecule has 1 aromatic heterocycles. The van der Waals surface area contributed by atoms with Gasteiger partial charge in [-0.3, -0.25) is 4.79 Å². The van der Waals surface area contributed by atoms with E-state index in [1.807, 2.05) is 18.0 Å². The molecule has 0 aromatic carbocycles. The lowest BCUT2D eigenvalue weighted by Gasteiger charge is -2.40. The van der Waals surface area contributed by atoms with Gasteiger partial charge in [0.05, 0.1) is 24.7 Å². The van der Waals surface area contributed by atoms with Gasteiger partial charge in [0.25, 0.3) is 0 Å². The van der Waals surface area contributed by atoms with E-state index < -0.39 is 5.60 Å². The average Bonchev–Trinajstić information content (AvgIpc) is 3.29. The van der Waals surface area contributed by atoms with Gasteiger partial charge in [0.15, 0.2) is 0 Å². The molecule has 1 amide bonds. The fourth-order valence-corrected chi connectivity index (χ4v) is 3.96. The number of rotatable bonds is 7. The van der Waals surface area contributed by atoms with Crippen LogP contribution >= 0.6 is 0 Å². The van der Waals surface area contributed by atoms with Crippen LogP contribution in [-0.2, 0) is 22.5 Å². The molecule has 1 aromatic rings. The SMILES string of the molecule is C[C@@H]1c2ncc(CCOCC3CC3)n2CCN1C(=O)CC1(O)CCC1. The Labute approximate surface area is 149 Å². The predicted molar refractivity (Wildman–Crippen MR) is 93.0 cm³/mol. The summed E-state index contributed by atoms with van der Waals surface area (Å²) in [5, 5.41) is 10.3. The molecule has 2 saturated carbocycles. The van der Waals surface area contributed by atoms with E-state index in [1.165, 1.54) is 18.5 Å². The van der Waals surface area contributed by atoms with Crippen molar-refractivity contribution in [3.05, 3.63) is 17.7 Å². The quantitative estimate of drug-likeness (QED) is 0.767. The highest BCUT2D eigenvalue weighted by Crippen LogP contribution is 2.36. The number of fused-ring (bicyclic) bond motifs is 1. The van der Waals surface area contributed by atoms with Crippen LogP contribution in [0.15, 0.2) is 6.20 Å². The van der Waals surface area contributed by atoms with E-state index in [0.29, 0.717) is 6.54 Å². The molecule has 3 aliphatic rings. The number of hydrogen-bond acceptors (Lipinski definition) is 4. The summed E-state index contributed by atoms with van der Waals surface area (Å²) in [6.45, 7) is 5.14. The van der Waals surface area contributed by atoms with Crippen LogP contribution in [0.25, 0.3) is 0 Å². The van der Waals surface area contributed by atoms with Crippen LogP contribution in [0, 0.1) is 5.92 Å². The predicted octanol–water partition coefficient (Wildman–Crippen LogP) is 2.06. The van der Waals surface area contributed by atoms with Crippen LogP contribution in [0.2, 0.25) is 0 Å². The minimum absolute atomic E-state index is 0.0361. The minimum Gasteiger partial charge on any atom is -0.389 e. The lowest BCUT2D eigenvalue weighted by molar-refractivity contribution is -0.143. The number of aliphatic hydroxyl groups is 1. The van der Waals surface area contributed by atoms with E-state index in [2.05, 4.69) is 9.55 Å². The Morgan fingerprint density at radius 2 is 2.20 bits per heavy atom. The van der Waals surface area contributed by atoms with Gasteiger partial charge in [-0.25, -0.2) is 4.98 Å². The van der Waals surface area contributed by atoms with Gasteiger partial charge in [-0.1, -0.05) is 0 Å². The fourth-order valence-electron chi connectivity index (χ4n) is 3.96. The molecule has 0 spiro atoms. The molecule has 1 aliphatic heterocycles. The van der Waals surface area contributed by atoms with Crippen molar-refractivity contribution >= 4 is 5.91 Å². The number of amides is 1. The molecular formula is C19H29N3O3. The zero-order chi connectivity index (χ0) is 17.4. The van der Waals surface area contributed by atoms with Gasteiger partial charge in [0.2, 0.25) is 5.91 Å². The normalized spacial score (nSPS) is 24.7. The number of carbonyl (C=O) groups excluding carboxylic acids is 1. The number of aromatic nitrogens is 2. The van der Waals surface area contributed by atoms with Gasteiger partial charge >= 0.3 is 0 Å². The van der Waals surface area contributed by atoms with E-state index in [0.717, 1.165) is 57.2 Å². The first-order valence-electron chi connectivity index (χ1n) is 9.70. The number of nitrogens with zero attached hydrogens (tertiary/aromatic N) is 3. The molecule has 2 fully saturated rings. The topological polar surface area (TPSA) is 67.6 Å². The molecule has 6 nitrogen and oxygen atoms in total. The van der Waals surface area contributed by atoms with Gasteiger partial charge in [-0.05, 0) is 44.9 Å². The van der Waals surface area contributed by atoms with E-state index in [1.54, 1.807) is 0 Å². The number of imidazole rings is 1. The van der Waals surface area contributed by atoms with Crippen LogP contribution in [0.4, 0.5) is 0 Å². The number of hydrogen-bond donors (Lipinski definition) is 1. The molecule has 2 heterocycles. The minimum atomic E-state index is -0.756. The summed E-state index contributed by atoms with van der Waals surface area (Å²) in [5.74, 6) is 1.81. The summed E-state index contributed by atoms with van der Waals surface area (Å²) in [7, 11) is 0. The fraction of sp³-hybridized carbons (Fsp3) is 0.789. The van der Waals surface area contributed by atoms with E-state index in [4.69, 9.17) is 4.74 Å². The Morgan fingerprint density at radius 3 is 2.88 bits per heavy atom. The lowest BCUT2D eigenvalue weighted by atomic mass is 9.77. The van der Waals surface area contributed by atoms with Crippen LogP contribution < -0.4 is 0 Å². The highest BCUT2D eigenvalue weighted by Gasteiger charge is 2.39. The molecule has 1 atom stereocenters. The maximum atomic E-state index is 12.6. The lowest BCUT2D eigenvalue weighted by Crippen LogP contribution is -2.47. The van der Waals surface area contributed by atoms with Gasteiger partial charge in [0.1, 0.15) is 5.82 Å². The Balaban J connectivity index is 1.35. The van der Waals surface area contributed by atoms with Gasteiger partial charge in [0, 0.05) is 38.0 Å². The summed E-state index contributed by atoms with van der Waals surface area (Å²) in [6, 6.07) is -0.0361. The molecule has 0 unspecified atom stereocenters. The molecule has 4 rings (SSSR count). The van der Waals surface area contributed by atoms with Crippen LogP contribution in [0.3, 0.4) is 0 Å². The molecule has 0 saturated heterocycles. The zero-order valence-electron chi connectivity index (χ0n) is 15.1. The molecule has 2 aliphatic carbocycles. The molecule has 1 N–H and O–H groups in total. The zero-order valence-corrected chi connectivity index (χ0v) is 15.1. The first-order chi connectivity index (χ1) is 12.1. The molecule has 138 valence electrons. The van der Waals surface area contributed by atoms with Crippen molar-refractivity contribution in [2.45, 2.75) is 70.1 Å². The van der Waals surface area contributed by atoms with Gasteiger partial charge in [-0.15, -0.1) is 0 Å². The summed E-state index contributed by atoms with van der Waals surface area (Å²) in [5.41, 5.74) is 0.440. The number of ether oxygens (including phenoxy) is 1. The third kappa shape index (κ3) is 3.60. The first-order valence-corrected chi connectivity index (χ1v) is 9.70. The monoisotopic (exact) mass is 347 g/mol. The Kier molecular flexibility index (Phi) is 4.58. The number of carbonyl (C=O) groups is 1. The Hall–Kier alpha value is -1.40. The summed E-state index contributed by atoms with van der Waals surface area (Å²) in [6.07, 6.45) is 8.22. The third-order valence-corrected chi connectivity index (χ3v) is 6.01. The second kappa shape index (κ2) is 6.72. The van der Waals surface area contributed by atoms with Crippen molar-refractivity contribution in [1.29, 1.82) is 0 Å². The third-order valence-electron chi connectivity index (χ3n) is 6.01. The highest BCUT2D eigenvalue weighted by molar-refractivity contribution is 5.78. The Morgan fingerprint density at radius 1 is 1.40 bits per heavy atom. The molecule has 0 radical (unpaired) electrons. The largest absolute Gasteiger partial charge is 0.389 e. The van der Waals surface area contributed by atoms with Crippen LogP contribution in [-0.4, -0.2) is 50.8 Å². The Bertz CT molecular complexity index is 634. The van der Waals surface area contributed by atoms with Gasteiger partial charge in [-0.2, -0.15) is 0 Å².